The zero-order valence-electron chi connectivity index (χ0n) is 34.7. The molecule has 0 aromatic carbocycles. The minimum Gasteiger partial charge on any atom is -0.481 e. The first kappa shape index (κ1) is 41.2. The molecule has 0 saturated heterocycles. The molecule has 302 valence electrons. The van der Waals surface area contributed by atoms with E-state index in [9.17, 15) is 19.5 Å². The summed E-state index contributed by atoms with van der Waals surface area (Å²) in [7, 11) is 0. The third kappa shape index (κ3) is 7.43. The highest BCUT2D eigenvalue weighted by Gasteiger charge is 2.65. The van der Waals surface area contributed by atoms with Crippen LogP contribution in [-0.2, 0) is 25.7 Å². The molecule has 0 bridgehead atoms. The Hall–Kier alpha value is -3.47. The molecule has 0 radical (unpaired) electrons. The molecule has 5 aliphatic rings. The van der Waals surface area contributed by atoms with E-state index in [2.05, 4.69) is 66.4 Å². The zero-order valence-corrected chi connectivity index (χ0v) is 34.7. The van der Waals surface area contributed by atoms with Gasteiger partial charge in [-0.3, -0.25) is 14.4 Å². The first-order valence-electron chi connectivity index (χ1n) is 20.9. The van der Waals surface area contributed by atoms with Gasteiger partial charge in [-0.1, -0.05) is 40.2 Å². The molecule has 4 saturated carbocycles. The number of amidine groups is 1. The van der Waals surface area contributed by atoms with Gasteiger partial charge in [-0.15, -0.1) is 5.10 Å². The average molecular weight is 759 g/mol. The number of hydrogen-bond donors (Lipinski definition) is 2. The van der Waals surface area contributed by atoms with Gasteiger partial charge in [-0.05, 0) is 130 Å². The molecule has 9 unspecified atom stereocenters. The Labute approximate surface area is 328 Å². The zero-order chi connectivity index (χ0) is 40.1. The molecule has 11 heteroatoms. The summed E-state index contributed by atoms with van der Waals surface area (Å²) >= 11 is 0. The lowest BCUT2D eigenvalue weighted by Gasteiger charge is -2.67. The van der Waals surface area contributed by atoms with Crippen LogP contribution in [0.5, 0.6) is 0 Å². The number of ketones is 1. The Morgan fingerprint density at radius 2 is 1.73 bits per heavy atom. The van der Waals surface area contributed by atoms with Crippen LogP contribution in [0.3, 0.4) is 0 Å². The number of nitrogens with two attached hydrogens (primary N) is 1. The van der Waals surface area contributed by atoms with Crippen molar-refractivity contribution in [3.8, 4) is 0 Å². The molecule has 5 aliphatic carbocycles. The summed E-state index contributed by atoms with van der Waals surface area (Å²) in [5.74, 6) is 2.51. The highest BCUT2D eigenvalue weighted by molar-refractivity contribution is 6.01. The Morgan fingerprint density at radius 3 is 2.36 bits per heavy atom. The molecule has 0 amide bonds. The number of fused-ring (bicyclic) bond motifs is 7. The van der Waals surface area contributed by atoms with Crippen LogP contribution >= 0.6 is 0 Å². The average Bonchev–Trinajstić information content (AvgIpc) is 3.41. The normalized spacial score (nSPS) is 34.7. The van der Waals surface area contributed by atoms with E-state index >= 15 is 0 Å². The number of allylic oxidation sites excluding steroid dienone is 2. The van der Waals surface area contributed by atoms with Crippen LogP contribution in [0, 0.1) is 64.1 Å². The molecule has 6 rings (SSSR count). The number of ether oxygens (including phenoxy) is 1. The number of carboxylic acid groups (broad SMARTS) is 1. The molecule has 0 aliphatic heterocycles. The van der Waals surface area contributed by atoms with Crippen LogP contribution in [0.1, 0.15) is 130 Å². The summed E-state index contributed by atoms with van der Waals surface area (Å²) in [4.78, 5) is 50.2. The largest absolute Gasteiger partial charge is 0.481 e. The van der Waals surface area contributed by atoms with Gasteiger partial charge in [0.1, 0.15) is 17.8 Å². The molecule has 9 atom stereocenters. The molecular formula is C44H66N6O5. The summed E-state index contributed by atoms with van der Waals surface area (Å²) in [5, 5.41) is 18.3. The Bertz CT molecular complexity index is 1720. The minimum atomic E-state index is -1.15. The number of aryl methyl sites for hydroxylation is 1. The van der Waals surface area contributed by atoms with Crippen molar-refractivity contribution in [3.63, 3.8) is 0 Å². The number of hydrogen-bond acceptors (Lipinski definition) is 9. The van der Waals surface area contributed by atoms with Gasteiger partial charge < -0.3 is 20.5 Å². The highest BCUT2D eigenvalue weighted by Crippen LogP contribution is 2.72. The molecule has 4 fully saturated rings. The van der Waals surface area contributed by atoms with E-state index in [0.717, 1.165) is 68.3 Å². The summed E-state index contributed by atoms with van der Waals surface area (Å²) in [6.45, 7) is 22.0. The number of carbonyl (C=O) groups is 3. The lowest BCUT2D eigenvalue weighted by atomic mass is 9.38. The number of rotatable bonds is 12. The number of carboxylic acids is 1. The van der Waals surface area contributed by atoms with Gasteiger partial charge in [0.2, 0.25) is 0 Å². The van der Waals surface area contributed by atoms with Gasteiger partial charge in [0.15, 0.2) is 5.78 Å². The van der Waals surface area contributed by atoms with E-state index in [0.29, 0.717) is 67.8 Å². The molecule has 11 nitrogen and oxygen atoms in total. The van der Waals surface area contributed by atoms with E-state index in [4.69, 9.17) is 10.5 Å². The van der Waals surface area contributed by atoms with E-state index in [1.165, 1.54) is 5.57 Å². The van der Waals surface area contributed by atoms with Crippen molar-refractivity contribution >= 4 is 30.3 Å². The lowest BCUT2D eigenvalue weighted by Crippen LogP contribution is -2.60. The second kappa shape index (κ2) is 15.5. The van der Waals surface area contributed by atoms with Gasteiger partial charge >= 0.3 is 11.9 Å². The fraction of sp³-hybridized carbons (Fsp3) is 0.750. The van der Waals surface area contributed by atoms with Crippen molar-refractivity contribution in [2.45, 2.75) is 139 Å². The van der Waals surface area contributed by atoms with Crippen LogP contribution in [0.2, 0.25) is 0 Å². The topological polar surface area (TPSA) is 160 Å². The smallest absolute Gasteiger partial charge is 0.309 e. The van der Waals surface area contributed by atoms with Crippen molar-refractivity contribution in [1.29, 1.82) is 0 Å². The number of Topliss-reactive ketones (excluding diaryl/α,β-unsaturated/α-hetero) is 1. The molecular weight excluding hydrogens is 693 g/mol. The van der Waals surface area contributed by atoms with Crippen LogP contribution in [-0.4, -0.2) is 69.4 Å². The third-order valence-electron chi connectivity index (χ3n) is 15.3. The van der Waals surface area contributed by atoms with Crippen LogP contribution in [0.4, 0.5) is 0 Å². The lowest BCUT2D eigenvalue weighted by molar-refractivity contribution is -0.191. The summed E-state index contributed by atoms with van der Waals surface area (Å²) in [5.41, 5.74) is 8.39. The predicted molar refractivity (Wildman–Crippen MR) is 214 cm³/mol. The van der Waals surface area contributed by atoms with Crippen molar-refractivity contribution in [2.24, 2.45) is 73.1 Å². The van der Waals surface area contributed by atoms with Gasteiger partial charge in [0.25, 0.3) is 0 Å². The fourth-order valence-corrected chi connectivity index (χ4v) is 12.8. The van der Waals surface area contributed by atoms with Crippen LogP contribution < -0.4 is 5.73 Å². The molecule has 55 heavy (non-hydrogen) atoms. The summed E-state index contributed by atoms with van der Waals surface area (Å²) < 4.78 is 6.07. The molecule has 1 aromatic rings. The van der Waals surface area contributed by atoms with Crippen molar-refractivity contribution in [1.82, 2.24) is 14.9 Å². The van der Waals surface area contributed by atoms with E-state index < -0.39 is 17.4 Å². The van der Waals surface area contributed by atoms with Gasteiger partial charge in [-0.25, -0.2) is 9.97 Å². The van der Waals surface area contributed by atoms with Crippen molar-refractivity contribution < 1.29 is 24.2 Å². The number of carbonyl (C=O) groups excluding carboxylic acids is 2. The number of esters is 1. The van der Waals surface area contributed by atoms with Gasteiger partial charge in [0.05, 0.1) is 18.4 Å². The minimum absolute atomic E-state index is 0.117. The molecule has 1 heterocycles. The standard InChI is InChI=1S/C44H66N6O5/c1-26(2)38-32(51)20-44(21-36(49-46-9)50(19-18-45)25-35-47-23-27(3)24-48-35)17-13-31-29(39(38)44)10-11-34-42(7)16-14-33(28(4)30(42)12-15-43(31,34)8)55-37(52)22-41(5,6)40(53)54/h23-24,26,28-31,33-34H,9-22,25,45H2,1-8H3,(H,53,54)/b49-36-. The number of aliphatic carboxylic acids is 1. The van der Waals surface area contributed by atoms with E-state index in [-0.39, 0.29) is 40.6 Å². The third-order valence-corrected chi connectivity index (χ3v) is 15.3. The number of aromatic nitrogens is 2. The predicted octanol–water partition coefficient (Wildman–Crippen LogP) is 7.56. The maximum Gasteiger partial charge on any atom is 0.309 e. The molecule has 1 aromatic heterocycles. The monoisotopic (exact) mass is 759 g/mol. The van der Waals surface area contributed by atoms with E-state index in [1.807, 2.05) is 19.3 Å². The highest BCUT2D eigenvalue weighted by atomic mass is 16.5. The Balaban J connectivity index is 1.26. The quantitative estimate of drug-likeness (QED) is 0.0949. The van der Waals surface area contributed by atoms with Crippen molar-refractivity contribution in [2.75, 3.05) is 13.1 Å². The first-order valence-corrected chi connectivity index (χ1v) is 20.9. The fourth-order valence-electron chi connectivity index (χ4n) is 12.8. The maximum absolute atomic E-state index is 14.2. The SMILES string of the molecule is C=N/N=C(/CC12CCC3C(CCC4C3(C)CCC3C(C)C(OC(=O)CC(C)(C)C(=O)O)CCC34C)C1=C(C(C)C)C(=O)C2)N(CCN)Cc1ncc(C)cn1. The molecule has 0 spiro atoms. The van der Waals surface area contributed by atoms with E-state index in [1.54, 1.807) is 13.8 Å². The maximum atomic E-state index is 14.2. The first-order chi connectivity index (χ1) is 25.9. The Morgan fingerprint density at radius 1 is 1.07 bits per heavy atom. The van der Waals surface area contributed by atoms with Crippen molar-refractivity contribution in [3.05, 3.63) is 34.9 Å². The Kier molecular flexibility index (Phi) is 11.6. The van der Waals surface area contributed by atoms with Crippen LogP contribution in [0.25, 0.3) is 0 Å². The molecule has 3 N–H and O–H groups in total. The second-order valence-corrected chi connectivity index (χ2v) is 19.4. The summed E-state index contributed by atoms with van der Waals surface area (Å²) in [6, 6.07) is 0. The number of nitrogens with zero attached hydrogens (tertiary/aromatic N) is 5. The second-order valence-electron chi connectivity index (χ2n) is 19.4. The van der Waals surface area contributed by atoms with Gasteiger partial charge in [-0.2, -0.15) is 5.10 Å². The van der Waals surface area contributed by atoms with Crippen LogP contribution in [0.15, 0.2) is 33.7 Å². The summed E-state index contributed by atoms with van der Waals surface area (Å²) in [6.07, 6.45) is 12.7. The van der Waals surface area contributed by atoms with Gasteiger partial charge in [0, 0.05) is 50.5 Å².